The number of rotatable bonds is 6. The largest absolute Gasteiger partial charge is 0.493 e. The van der Waals surface area contributed by atoms with Gasteiger partial charge in [-0.1, -0.05) is 12.1 Å². The van der Waals surface area contributed by atoms with Crippen molar-refractivity contribution in [1.82, 2.24) is 10.6 Å². The predicted molar refractivity (Wildman–Crippen MR) is 110 cm³/mol. The Bertz CT molecular complexity index is 876. The van der Waals surface area contributed by atoms with Gasteiger partial charge in [-0.2, -0.15) is 0 Å². The third kappa shape index (κ3) is 4.88. The fourth-order valence-electron chi connectivity index (χ4n) is 3.49. The lowest BCUT2D eigenvalue weighted by Crippen LogP contribution is -2.44. The second-order valence-corrected chi connectivity index (χ2v) is 6.75. The summed E-state index contributed by atoms with van der Waals surface area (Å²) in [6.45, 7) is 1.79. The Morgan fingerprint density at radius 1 is 1.21 bits per heavy atom. The van der Waals surface area contributed by atoms with Gasteiger partial charge in [0.1, 0.15) is 11.6 Å². The highest BCUT2D eigenvalue weighted by atomic mass is 19.1. The van der Waals surface area contributed by atoms with Gasteiger partial charge in [0, 0.05) is 44.4 Å². The second kappa shape index (κ2) is 9.45. The number of nitrogens with one attached hydrogen (secondary N) is 2. The molecule has 156 valence electrons. The topological polar surface area (TPSA) is 58.1 Å². The Labute approximate surface area is 169 Å². The van der Waals surface area contributed by atoms with Gasteiger partial charge in [0.15, 0.2) is 17.5 Å². The van der Waals surface area contributed by atoms with Crippen LogP contribution in [0.4, 0.5) is 14.5 Å². The molecule has 0 saturated carbocycles. The molecular formula is C21H26F2N4O2. The number of nitrogens with zero attached hydrogens (tertiary/aromatic N) is 2. The van der Waals surface area contributed by atoms with Crippen LogP contribution in [0.15, 0.2) is 41.4 Å². The van der Waals surface area contributed by atoms with E-state index in [4.69, 9.17) is 9.47 Å². The summed E-state index contributed by atoms with van der Waals surface area (Å²) >= 11 is 0. The van der Waals surface area contributed by atoms with Crippen molar-refractivity contribution in [3.63, 3.8) is 0 Å². The molecule has 0 radical (unpaired) electrons. The molecule has 8 heteroatoms. The van der Waals surface area contributed by atoms with E-state index in [0.29, 0.717) is 42.8 Å². The Kier molecular flexibility index (Phi) is 6.74. The monoisotopic (exact) mass is 404 g/mol. The number of ether oxygens (including phenoxy) is 2. The van der Waals surface area contributed by atoms with E-state index in [2.05, 4.69) is 15.6 Å². The number of aliphatic imine (C=N–C) groups is 1. The number of guanidine groups is 1. The normalized spacial score (nSPS) is 16.7. The lowest BCUT2D eigenvalue weighted by molar-refractivity contribution is 0.351. The van der Waals surface area contributed by atoms with E-state index in [1.807, 2.05) is 23.1 Å². The van der Waals surface area contributed by atoms with Gasteiger partial charge >= 0.3 is 0 Å². The van der Waals surface area contributed by atoms with Crippen LogP contribution in [-0.4, -0.2) is 46.4 Å². The highest BCUT2D eigenvalue weighted by Crippen LogP contribution is 2.30. The lowest BCUT2D eigenvalue weighted by Gasteiger charge is -2.21. The maximum absolute atomic E-state index is 14.0. The fraction of sp³-hybridized carbons (Fsp3) is 0.381. The van der Waals surface area contributed by atoms with Crippen molar-refractivity contribution in [1.29, 1.82) is 0 Å². The van der Waals surface area contributed by atoms with Gasteiger partial charge in [0.25, 0.3) is 0 Å². The zero-order chi connectivity index (χ0) is 20.8. The molecule has 1 aliphatic rings. The van der Waals surface area contributed by atoms with Crippen LogP contribution in [0, 0.1) is 11.6 Å². The molecule has 0 aliphatic carbocycles. The maximum Gasteiger partial charge on any atom is 0.191 e. The smallest absolute Gasteiger partial charge is 0.191 e. The molecule has 1 aliphatic heterocycles. The molecule has 0 aromatic heterocycles. The molecule has 0 amide bonds. The van der Waals surface area contributed by atoms with Crippen molar-refractivity contribution >= 4 is 11.6 Å². The highest BCUT2D eigenvalue weighted by molar-refractivity contribution is 5.80. The SMILES string of the molecule is CN=C(NCc1cccc(OC)c1OC)NC1CCN(c2ccc(F)cc2F)C1. The van der Waals surface area contributed by atoms with E-state index in [1.54, 1.807) is 21.3 Å². The van der Waals surface area contributed by atoms with E-state index < -0.39 is 11.6 Å². The van der Waals surface area contributed by atoms with Gasteiger partial charge in [0.05, 0.1) is 19.9 Å². The molecule has 1 fully saturated rings. The minimum atomic E-state index is -0.572. The van der Waals surface area contributed by atoms with Crippen LogP contribution < -0.4 is 25.0 Å². The summed E-state index contributed by atoms with van der Waals surface area (Å²) in [4.78, 5) is 6.18. The van der Waals surface area contributed by atoms with Gasteiger partial charge in [-0.25, -0.2) is 8.78 Å². The van der Waals surface area contributed by atoms with Gasteiger partial charge in [-0.15, -0.1) is 0 Å². The van der Waals surface area contributed by atoms with Crippen LogP contribution in [0.1, 0.15) is 12.0 Å². The molecule has 29 heavy (non-hydrogen) atoms. The van der Waals surface area contributed by atoms with Crippen molar-refractivity contribution in [2.45, 2.75) is 19.0 Å². The lowest BCUT2D eigenvalue weighted by atomic mass is 10.2. The zero-order valence-electron chi connectivity index (χ0n) is 16.8. The maximum atomic E-state index is 14.0. The molecule has 1 unspecified atom stereocenters. The first kappa shape index (κ1) is 20.7. The molecule has 0 bridgehead atoms. The summed E-state index contributed by atoms with van der Waals surface area (Å²) in [6.07, 6.45) is 0.819. The summed E-state index contributed by atoms with van der Waals surface area (Å²) in [5.74, 6) is 0.872. The van der Waals surface area contributed by atoms with Crippen LogP contribution in [0.5, 0.6) is 11.5 Å². The number of methoxy groups -OCH3 is 2. The molecule has 2 aromatic carbocycles. The summed E-state index contributed by atoms with van der Waals surface area (Å²) < 4.78 is 38.0. The Morgan fingerprint density at radius 3 is 2.72 bits per heavy atom. The first-order valence-corrected chi connectivity index (χ1v) is 9.42. The molecule has 3 rings (SSSR count). The minimum absolute atomic E-state index is 0.0952. The average molecular weight is 404 g/mol. The zero-order valence-corrected chi connectivity index (χ0v) is 16.8. The van der Waals surface area contributed by atoms with Gasteiger partial charge in [-0.05, 0) is 24.6 Å². The quantitative estimate of drug-likeness (QED) is 0.573. The fourth-order valence-corrected chi connectivity index (χ4v) is 3.49. The molecular weight excluding hydrogens is 378 g/mol. The number of para-hydroxylation sites is 1. The molecule has 2 N–H and O–H groups in total. The van der Waals surface area contributed by atoms with Crippen LogP contribution in [0.3, 0.4) is 0 Å². The average Bonchev–Trinajstić information content (AvgIpc) is 3.18. The number of benzene rings is 2. The van der Waals surface area contributed by atoms with E-state index in [9.17, 15) is 8.78 Å². The van der Waals surface area contributed by atoms with E-state index in [1.165, 1.54) is 12.1 Å². The van der Waals surface area contributed by atoms with E-state index in [0.717, 1.165) is 18.1 Å². The molecule has 0 spiro atoms. The Hall–Kier alpha value is -3.03. The molecule has 6 nitrogen and oxygen atoms in total. The molecule has 2 aromatic rings. The number of hydrogen-bond donors (Lipinski definition) is 2. The second-order valence-electron chi connectivity index (χ2n) is 6.75. The summed E-state index contributed by atoms with van der Waals surface area (Å²) in [5.41, 5.74) is 1.36. The van der Waals surface area contributed by atoms with Crippen LogP contribution >= 0.6 is 0 Å². The summed E-state index contributed by atoms with van der Waals surface area (Å²) in [6, 6.07) is 9.47. The first-order valence-electron chi connectivity index (χ1n) is 9.42. The van der Waals surface area contributed by atoms with Gasteiger partial charge in [0.2, 0.25) is 0 Å². The predicted octanol–water partition coefficient (Wildman–Crippen LogP) is 2.93. The minimum Gasteiger partial charge on any atom is -0.493 e. The van der Waals surface area contributed by atoms with E-state index in [-0.39, 0.29) is 6.04 Å². The molecule has 1 heterocycles. The van der Waals surface area contributed by atoms with Crippen LogP contribution in [0.25, 0.3) is 0 Å². The van der Waals surface area contributed by atoms with Crippen molar-refractivity contribution in [2.75, 3.05) is 39.3 Å². The van der Waals surface area contributed by atoms with Gasteiger partial charge in [-0.3, -0.25) is 4.99 Å². The van der Waals surface area contributed by atoms with Crippen molar-refractivity contribution < 1.29 is 18.3 Å². The third-order valence-electron chi connectivity index (χ3n) is 4.93. The molecule has 1 atom stereocenters. The van der Waals surface area contributed by atoms with E-state index >= 15 is 0 Å². The number of anilines is 1. The Balaban J connectivity index is 1.59. The van der Waals surface area contributed by atoms with Crippen molar-refractivity contribution in [3.8, 4) is 11.5 Å². The van der Waals surface area contributed by atoms with Crippen LogP contribution in [0.2, 0.25) is 0 Å². The number of hydrogen-bond acceptors (Lipinski definition) is 4. The van der Waals surface area contributed by atoms with Gasteiger partial charge < -0.3 is 25.0 Å². The standard InChI is InChI=1S/C21H26F2N4O2/c1-24-21(25-12-14-5-4-6-19(28-2)20(14)29-3)26-16-9-10-27(13-16)18-8-7-15(22)11-17(18)23/h4-8,11,16H,9-10,12-13H2,1-3H3,(H2,24,25,26). The van der Waals surface area contributed by atoms with Crippen molar-refractivity contribution in [2.24, 2.45) is 4.99 Å². The summed E-state index contributed by atoms with van der Waals surface area (Å²) in [5, 5.41) is 6.63. The highest BCUT2D eigenvalue weighted by Gasteiger charge is 2.25. The van der Waals surface area contributed by atoms with Crippen LogP contribution in [-0.2, 0) is 6.54 Å². The summed E-state index contributed by atoms with van der Waals surface area (Å²) in [7, 11) is 4.91. The van der Waals surface area contributed by atoms with Crippen molar-refractivity contribution in [3.05, 3.63) is 53.6 Å². The first-order chi connectivity index (χ1) is 14.0. The molecule has 1 saturated heterocycles. The number of halogens is 2. The Morgan fingerprint density at radius 2 is 2.03 bits per heavy atom. The third-order valence-corrected chi connectivity index (χ3v) is 4.93.